The van der Waals surface area contributed by atoms with Crippen LogP contribution in [0.25, 0.3) is 0 Å². The maximum Gasteiger partial charge on any atom is 0.308 e. The van der Waals surface area contributed by atoms with E-state index in [1.165, 1.54) is 0 Å². The number of hydrogen-bond donors (Lipinski definition) is 2. The van der Waals surface area contributed by atoms with Crippen molar-refractivity contribution in [3.63, 3.8) is 0 Å². The number of carboxylic acid groups (broad SMARTS) is 1. The number of benzene rings is 1. The number of hydrogen-bond acceptors (Lipinski definition) is 4. The molecule has 0 aliphatic carbocycles. The molecule has 0 saturated carbocycles. The number of carboxylic acids is 1. The van der Waals surface area contributed by atoms with E-state index in [0.717, 1.165) is 0 Å². The van der Waals surface area contributed by atoms with Gasteiger partial charge in [-0.15, -0.1) is 0 Å². The summed E-state index contributed by atoms with van der Waals surface area (Å²) >= 11 is 0. The van der Waals surface area contributed by atoms with Crippen molar-refractivity contribution in [3.05, 3.63) is 23.8 Å². The van der Waals surface area contributed by atoms with E-state index in [1.54, 1.807) is 30.0 Å². The Morgan fingerprint density at radius 2 is 2.17 bits per heavy atom. The Kier molecular flexibility index (Phi) is 3.94. The van der Waals surface area contributed by atoms with Crippen LogP contribution in [0.2, 0.25) is 0 Å². The summed E-state index contributed by atoms with van der Waals surface area (Å²) in [4.78, 5) is 37.1. The standard InChI is InChI=1S/C16H18N2O5/c1-9-14(19)17-12-6-2-5-11(13(12)23-9)15(20)18-7-3-4-10(8-18)16(21)22/h2,5-6,9-10H,3-4,7-8H2,1H3,(H,17,19)(H,21,22)/t9?,10-/m0/s1. The van der Waals surface area contributed by atoms with Gasteiger partial charge in [-0.2, -0.15) is 0 Å². The first-order chi connectivity index (χ1) is 11.0. The van der Waals surface area contributed by atoms with Crippen LogP contribution in [-0.4, -0.2) is 47.0 Å². The minimum atomic E-state index is -0.880. The number of aliphatic carboxylic acids is 1. The molecule has 1 saturated heterocycles. The molecule has 3 rings (SSSR count). The van der Waals surface area contributed by atoms with E-state index in [9.17, 15) is 14.4 Å². The van der Waals surface area contributed by atoms with Gasteiger partial charge in [-0.1, -0.05) is 6.07 Å². The van der Waals surface area contributed by atoms with Crippen LogP contribution in [0, 0.1) is 5.92 Å². The lowest BCUT2D eigenvalue weighted by Crippen LogP contribution is -2.43. The van der Waals surface area contributed by atoms with Crippen molar-refractivity contribution in [2.45, 2.75) is 25.9 Å². The summed E-state index contributed by atoms with van der Waals surface area (Å²) in [6.07, 6.45) is 0.561. The Labute approximate surface area is 133 Å². The molecular formula is C16H18N2O5. The van der Waals surface area contributed by atoms with E-state index >= 15 is 0 Å². The van der Waals surface area contributed by atoms with Gasteiger partial charge in [-0.3, -0.25) is 14.4 Å². The number of ether oxygens (including phenoxy) is 1. The highest BCUT2D eigenvalue weighted by atomic mass is 16.5. The molecule has 0 aromatic heterocycles. The van der Waals surface area contributed by atoms with Gasteiger partial charge in [0.15, 0.2) is 11.9 Å². The number of piperidine rings is 1. The summed E-state index contributed by atoms with van der Waals surface area (Å²) in [6, 6.07) is 4.98. The molecule has 7 heteroatoms. The van der Waals surface area contributed by atoms with Crippen LogP contribution in [0.1, 0.15) is 30.1 Å². The molecule has 0 bridgehead atoms. The van der Waals surface area contributed by atoms with Gasteiger partial charge in [0.1, 0.15) is 0 Å². The molecule has 1 aromatic carbocycles. The van der Waals surface area contributed by atoms with Crippen molar-refractivity contribution in [2.75, 3.05) is 18.4 Å². The van der Waals surface area contributed by atoms with Crippen molar-refractivity contribution in [1.29, 1.82) is 0 Å². The Hall–Kier alpha value is -2.57. The van der Waals surface area contributed by atoms with Crippen molar-refractivity contribution >= 4 is 23.5 Å². The molecule has 7 nitrogen and oxygen atoms in total. The molecule has 0 spiro atoms. The average molecular weight is 318 g/mol. The first-order valence-corrected chi connectivity index (χ1v) is 7.60. The van der Waals surface area contributed by atoms with Crippen LogP contribution in [0.15, 0.2) is 18.2 Å². The minimum Gasteiger partial charge on any atom is -0.481 e. The van der Waals surface area contributed by atoms with Gasteiger partial charge < -0.3 is 20.1 Å². The predicted molar refractivity (Wildman–Crippen MR) is 81.4 cm³/mol. The summed E-state index contributed by atoms with van der Waals surface area (Å²) in [6.45, 7) is 2.33. The molecule has 1 aromatic rings. The fraction of sp³-hybridized carbons (Fsp3) is 0.438. The van der Waals surface area contributed by atoms with Crippen molar-refractivity contribution in [2.24, 2.45) is 5.92 Å². The number of anilines is 1. The summed E-state index contributed by atoms with van der Waals surface area (Å²) in [5.74, 6) is -1.59. The number of nitrogens with one attached hydrogen (secondary N) is 1. The van der Waals surface area contributed by atoms with E-state index < -0.39 is 18.0 Å². The molecule has 0 radical (unpaired) electrons. The van der Waals surface area contributed by atoms with Crippen molar-refractivity contribution in [3.8, 4) is 5.75 Å². The Bertz CT molecular complexity index is 672. The molecule has 2 atom stereocenters. The largest absolute Gasteiger partial charge is 0.481 e. The quantitative estimate of drug-likeness (QED) is 0.858. The lowest BCUT2D eigenvalue weighted by Gasteiger charge is -2.32. The lowest BCUT2D eigenvalue weighted by molar-refractivity contribution is -0.143. The Morgan fingerprint density at radius 3 is 2.91 bits per heavy atom. The molecule has 2 amide bonds. The van der Waals surface area contributed by atoms with Gasteiger partial charge in [0.2, 0.25) is 0 Å². The van der Waals surface area contributed by atoms with Crippen LogP contribution >= 0.6 is 0 Å². The molecular weight excluding hydrogens is 300 g/mol. The van der Waals surface area contributed by atoms with Crippen molar-refractivity contribution < 1.29 is 24.2 Å². The SMILES string of the molecule is CC1Oc2c(cccc2C(=O)N2CCC[C@H](C(=O)O)C2)NC1=O. The van der Waals surface area contributed by atoms with Gasteiger partial charge in [0.05, 0.1) is 17.2 Å². The molecule has 2 aliphatic heterocycles. The highest BCUT2D eigenvalue weighted by molar-refractivity contribution is 6.04. The number of para-hydroxylation sites is 1. The highest BCUT2D eigenvalue weighted by Crippen LogP contribution is 2.34. The number of rotatable bonds is 2. The number of likely N-dealkylation sites (tertiary alicyclic amines) is 1. The average Bonchev–Trinajstić information content (AvgIpc) is 2.55. The summed E-state index contributed by atoms with van der Waals surface area (Å²) in [5, 5.41) is 11.9. The van der Waals surface area contributed by atoms with Crippen LogP contribution in [-0.2, 0) is 9.59 Å². The topological polar surface area (TPSA) is 95.9 Å². The van der Waals surface area contributed by atoms with Gasteiger partial charge in [-0.05, 0) is 31.9 Å². The van der Waals surface area contributed by atoms with E-state index in [-0.39, 0.29) is 18.4 Å². The zero-order chi connectivity index (χ0) is 16.6. The third-order valence-corrected chi connectivity index (χ3v) is 4.23. The Morgan fingerprint density at radius 1 is 1.39 bits per heavy atom. The molecule has 122 valence electrons. The number of carbonyl (C=O) groups is 3. The van der Waals surface area contributed by atoms with E-state index in [4.69, 9.17) is 9.84 Å². The predicted octanol–water partition coefficient (Wildman–Crippen LogP) is 1.34. The normalized spacial score (nSPS) is 23.5. The summed E-state index contributed by atoms with van der Waals surface area (Å²) in [5.41, 5.74) is 0.811. The molecule has 1 unspecified atom stereocenters. The monoisotopic (exact) mass is 318 g/mol. The maximum atomic E-state index is 12.8. The fourth-order valence-corrected chi connectivity index (χ4v) is 2.93. The van der Waals surface area contributed by atoms with Crippen LogP contribution < -0.4 is 10.1 Å². The highest BCUT2D eigenvalue weighted by Gasteiger charge is 2.32. The van der Waals surface area contributed by atoms with Gasteiger partial charge in [0.25, 0.3) is 11.8 Å². The first-order valence-electron chi connectivity index (χ1n) is 7.60. The molecule has 1 fully saturated rings. The molecule has 2 heterocycles. The Balaban J connectivity index is 1.87. The van der Waals surface area contributed by atoms with Gasteiger partial charge in [0, 0.05) is 13.1 Å². The van der Waals surface area contributed by atoms with E-state index in [2.05, 4.69) is 5.32 Å². The number of nitrogens with zero attached hydrogens (tertiary/aromatic N) is 1. The molecule has 2 N–H and O–H groups in total. The number of amides is 2. The first kappa shape index (κ1) is 15.3. The smallest absolute Gasteiger partial charge is 0.308 e. The van der Waals surface area contributed by atoms with Gasteiger partial charge in [-0.25, -0.2) is 0 Å². The second-order valence-corrected chi connectivity index (χ2v) is 5.86. The van der Waals surface area contributed by atoms with Gasteiger partial charge >= 0.3 is 5.97 Å². The van der Waals surface area contributed by atoms with E-state index in [1.807, 2.05) is 0 Å². The maximum absolute atomic E-state index is 12.8. The second-order valence-electron chi connectivity index (χ2n) is 5.86. The van der Waals surface area contributed by atoms with Crippen LogP contribution in [0.4, 0.5) is 5.69 Å². The second kappa shape index (κ2) is 5.91. The zero-order valence-corrected chi connectivity index (χ0v) is 12.7. The summed E-state index contributed by atoms with van der Waals surface area (Å²) in [7, 11) is 0. The van der Waals surface area contributed by atoms with E-state index in [0.29, 0.717) is 36.4 Å². The summed E-state index contributed by atoms with van der Waals surface area (Å²) < 4.78 is 5.59. The molecule has 23 heavy (non-hydrogen) atoms. The lowest BCUT2D eigenvalue weighted by atomic mass is 9.97. The number of fused-ring (bicyclic) bond motifs is 1. The zero-order valence-electron chi connectivity index (χ0n) is 12.7. The van der Waals surface area contributed by atoms with Crippen LogP contribution in [0.3, 0.4) is 0 Å². The third kappa shape index (κ3) is 2.86. The van der Waals surface area contributed by atoms with Crippen molar-refractivity contribution in [1.82, 2.24) is 4.90 Å². The molecule has 2 aliphatic rings. The fourth-order valence-electron chi connectivity index (χ4n) is 2.93. The third-order valence-electron chi connectivity index (χ3n) is 4.23. The number of carbonyl (C=O) groups excluding carboxylic acids is 2. The minimum absolute atomic E-state index is 0.194. The van der Waals surface area contributed by atoms with Crippen LogP contribution in [0.5, 0.6) is 5.75 Å².